The predicted molar refractivity (Wildman–Crippen MR) is 75.5 cm³/mol. The van der Waals surface area contributed by atoms with E-state index in [1.165, 1.54) is 0 Å². The largest absolute Gasteiger partial charge is 0.378 e. The summed E-state index contributed by atoms with van der Waals surface area (Å²) >= 11 is 7.55. The summed E-state index contributed by atoms with van der Waals surface area (Å²) in [5.41, 5.74) is 0.945. The van der Waals surface area contributed by atoms with Gasteiger partial charge in [0.1, 0.15) is 0 Å². The standard InChI is InChI=1S/C11H12ClN5OS/c12-9-14-10(13-8-1-6-19-7-8)16-11(15-9)17-2-4-18-5-3-17/h1,6-7H,2-5H2,(H,13,14,15,16). The molecule has 100 valence electrons. The van der Waals surface area contributed by atoms with Gasteiger partial charge in [0.15, 0.2) is 0 Å². The molecule has 2 aromatic heterocycles. The first-order valence-electron chi connectivity index (χ1n) is 5.85. The quantitative estimate of drug-likeness (QED) is 0.937. The Hall–Kier alpha value is -1.44. The number of nitrogens with zero attached hydrogens (tertiary/aromatic N) is 4. The van der Waals surface area contributed by atoms with E-state index in [9.17, 15) is 0 Å². The smallest absolute Gasteiger partial charge is 0.233 e. The number of hydrogen-bond donors (Lipinski definition) is 1. The number of nitrogens with one attached hydrogen (secondary N) is 1. The average Bonchev–Trinajstić information content (AvgIpc) is 2.92. The van der Waals surface area contributed by atoms with Crippen molar-refractivity contribution in [1.29, 1.82) is 0 Å². The number of aromatic nitrogens is 3. The molecule has 19 heavy (non-hydrogen) atoms. The minimum Gasteiger partial charge on any atom is -0.378 e. The van der Waals surface area contributed by atoms with Crippen molar-refractivity contribution >= 4 is 40.5 Å². The first-order chi connectivity index (χ1) is 9.31. The highest BCUT2D eigenvalue weighted by molar-refractivity contribution is 7.08. The van der Waals surface area contributed by atoms with Crippen LogP contribution in [0.5, 0.6) is 0 Å². The van der Waals surface area contributed by atoms with Gasteiger partial charge in [-0.2, -0.15) is 26.3 Å². The number of halogens is 1. The van der Waals surface area contributed by atoms with E-state index in [-0.39, 0.29) is 5.28 Å². The molecule has 0 aromatic carbocycles. The van der Waals surface area contributed by atoms with Gasteiger partial charge in [0.2, 0.25) is 17.2 Å². The zero-order valence-electron chi connectivity index (χ0n) is 10.0. The van der Waals surface area contributed by atoms with Crippen LogP contribution < -0.4 is 10.2 Å². The van der Waals surface area contributed by atoms with Crippen molar-refractivity contribution in [1.82, 2.24) is 15.0 Å². The molecule has 1 fully saturated rings. The zero-order valence-corrected chi connectivity index (χ0v) is 11.6. The third kappa shape index (κ3) is 3.12. The molecule has 0 aliphatic carbocycles. The number of anilines is 3. The van der Waals surface area contributed by atoms with Crippen molar-refractivity contribution in [2.24, 2.45) is 0 Å². The van der Waals surface area contributed by atoms with Gasteiger partial charge in [0, 0.05) is 18.5 Å². The summed E-state index contributed by atoms with van der Waals surface area (Å²) in [6.07, 6.45) is 0. The fourth-order valence-corrected chi connectivity index (χ4v) is 2.51. The van der Waals surface area contributed by atoms with Gasteiger partial charge in [-0.25, -0.2) is 0 Å². The van der Waals surface area contributed by atoms with E-state index in [0.29, 0.717) is 25.1 Å². The monoisotopic (exact) mass is 297 g/mol. The Bertz CT molecular complexity index is 544. The molecular formula is C11H12ClN5OS. The molecule has 8 heteroatoms. The van der Waals surface area contributed by atoms with E-state index in [0.717, 1.165) is 18.8 Å². The predicted octanol–water partition coefficient (Wildman–Crippen LogP) is 2.17. The lowest BCUT2D eigenvalue weighted by molar-refractivity contribution is 0.122. The molecule has 0 amide bonds. The second-order valence-corrected chi connectivity index (χ2v) is 5.08. The fourth-order valence-electron chi connectivity index (χ4n) is 1.76. The molecule has 6 nitrogen and oxygen atoms in total. The van der Waals surface area contributed by atoms with Crippen LogP contribution in [0.2, 0.25) is 5.28 Å². The molecule has 0 bridgehead atoms. The summed E-state index contributed by atoms with van der Waals surface area (Å²) in [5.74, 6) is 1.04. The Morgan fingerprint density at radius 3 is 2.84 bits per heavy atom. The van der Waals surface area contributed by atoms with E-state index in [2.05, 4.69) is 20.3 Å². The maximum absolute atomic E-state index is 5.95. The first kappa shape index (κ1) is 12.6. The van der Waals surface area contributed by atoms with Crippen LogP contribution in [0.15, 0.2) is 16.8 Å². The number of morpholine rings is 1. The van der Waals surface area contributed by atoms with Crippen LogP contribution in [0.3, 0.4) is 0 Å². The topological polar surface area (TPSA) is 63.2 Å². The number of hydrogen-bond acceptors (Lipinski definition) is 7. The first-order valence-corrected chi connectivity index (χ1v) is 7.17. The lowest BCUT2D eigenvalue weighted by Gasteiger charge is -2.26. The summed E-state index contributed by atoms with van der Waals surface area (Å²) < 4.78 is 5.31. The Morgan fingerprint density at radius 1 is 1.26 bits per heavy atom. The average molecular weight is 298 g/mol. The van der Waals surface area contributed by atoms with E-state index in [1.807, 2.05) is 21.7 Å². The molecule has 1 saturated heterocycles. The maximum atomic E-state index is 5.95. The lowest BCUT2D eigenvalue weighted by Crippen LogP contribution is -2.37. The molecule has 0 atom stereocenters. The minimum absolute atomic E-state index is 0.189. The highest BCUT2D eigenvalue weighted by Gasteiger charge is 2.16. The third-order valence-corrected chi connectivity index (χ3v) is 3.52. The molecule has 0 saturated carbocycles. The molecule has 3 rings (SSSR count). The molecule has 0 spiro atoms. The van der Waals surface area contributed by atoms with E-state index < -0.39 is 0 Å². The normalized spacial score (nSPS) is 15.5. The zero-order chi connectivity index (χ0) is 13.1. The molecule has 1 N–H and O–H groups in total. The van der Waals surface area contributed by atoms with Crippen molar-refractivity contribution in [3.63, 3.8) is 0 Å². The van der Waals surface area contributed by atoms with Gasteiger partial charge in [0.25, 0.3) is 0 Å². The van der Waals surface area contributed by atoms with Crippen LogP contribution in [-0.4, -0.2) is 41.3 Å². The molecule has 0 radical (unpaired) electrons. The molecule has 1 aliphatic heterocycles. The molecule has 0 unspecified atom stereocenters. The fraction of sp³-hybridized carbons (Fsp3) is 0.364. The maximum Gasteiger partial charge on any atom is 0.233 e. The summed E-state index contributed by atoms with van der Waals surface area (Å²) in [4.78, 5) is 14.7. The molecule has 2 aromatic rings. The van der Waals surface area contributed by atoms with Gasteiger partial charge < -0.3 is 15.0 Å². The van der Waals surface area contributed by atoms with Gasteiger partial charge in [-0.15, -0.1) is 0 Å². The van der Waals surface area contributed by atoms with E-state index >= 15 is 0 Å². The van der Waals surface area contributed by atoms with Crippen LogP contribution in [-0.2, 0) is 4.74 Å². The Balaban J connectivity index is 1.82. The Labute approximate surface area is 119 Å². The van der Waals surface area contributed by atoms with E-state index in [1.54, 1.807) is 11.3 Å². The number of rotatable bonds is 3. The summed E-state index contributed by atoms with van der Waals surface area (Å²) in [6, 6.07) is 1.96. The van der Waals surface area contributed by atoms with Gasteiger partial charge in [0.05, 0.1) is 18.9 Å². The molecular weight excluding hydrogens is 286 g/mol. The number of thiophene rings is 1. The summed E-state index contributed by atoms with van der Waals surface area (Å²) in [7, 11) is 0. The van der Waals surface area contributed by atoms with Crippen LogP contribution in [0, 0.1) is 0 Å². The van der Waals surface area contributed by atoms with Crippen molar-refractivity contribution in [3.05, 3.63) is 22.1 Å². The third-order valence-electron chi connectivity index (χ3n) is 2.67. The van der Waals surface area contributed by atoms with Gasteiger partial charge in [-0.3, -0.25) is 0 Å². The van der Waals surface area contributed by atoms with Gasteiger partial charge in [-0.05, 0) is 23.0 Å². The Morgan fingerprint density at radius 2 is 2.11 bits per heavy atom. The van der Waals surface area contributed by atoms with Crippen LogP contribution in [0.25, 0.3) is 0 Å². The van der Waals surface area contributed by atoms with Crippen molar-refractivity contribution in [3.8, 4) is 0 Å². The summed E-state index contributed by atoms with van der Waals surface area (Å²) in [6.45, 7) is 2.88. The van der Waals surface area contributed by atoms with Crippen molar-refractivity contribution in [2.45, 2.75) is 0 Å². The second-order valence-electron chi connectivity index (χ2n) is 3.96. The highest BCUT2D eigenvalue weighted by Crippen LogP contribution is 2.20. The number of ether oxygens (including phenoxy) is 1. The van der Waals surface area contributed by atoms with Crippen LogP contribution in [0.4, 0.5) is 17.6 Å². The van der Waals surface area contributed by atoms with Crippen molar-refractivity contribution in [2.75, 3.05) is 36.5 Å². The Kier molecular flexibility index (Phi) is 3.77. The van der Waals surface area contributed by atoms with Crippen molar-refractivity contribution < 1.29 is 4.74 Å². The van der Waals surface area contributed by atoms with Crippen LogP contribution >= 0.6 is 22.9 Å². The van der Waals surface area contributed by atoms with Crippen LogP contribution in [0.1, 0.15) is 0 Å². The second kappa shape index (κ2) is 5.68. The molecule has 3 heterocycles. The summed E-state index contributed by atoms with van der Waals surface area (Å²) in [5, 5.41) is 7.26. The molecule has 1 aliphatic rings. The van der Waals surface area contributed by atoms with Gasteiger partial charge in [-0.1, -0.05) is 0 Å². The lowest BCUT2D eigenvalue weighted by atomic mass is 10.4. The minimum atomic E-state index is 0.189. The highest BCUT2D eigenvalue weighted by atomic mass is 35.5. The van der Waals surface area contributed by atoms with Gasteiger partial charge >= 0.3 is 0 Å². The van der Waals surface area contributed by atoms with E-state index in [4.69, 9.17) is 16.3 Å². The SMILES string of the molecule is Clc1nc(Nc2ccsc2)nc(N2CCOCC2)n1.